The summed E-state index contributed by atoms with van der Waals surface area (Å²) in [5.74, 6) is -0.558. The van der Waals surface area contributed by atoms with Gasteiger partial charge in [0.05, 0.1) is 6.04 Å². The fraction of sp³-hybridized carbons (Fsp3) is 0.917. The standard InChI is InChI=1S/C12H18F6N2O/c1-3-5-19-9(21)8(2)20-6-4-10(7-20,11(13,14)15)12(16,17)18/h8H,3-7H2,1-2H3,(H,19,21)/t8-/m0/s1. The number of carbonyl (C=O) groups is 1. The normalized spacial score (nSPS) is 21.3. The van der Waals surface area contributed by atoms with Gasteiger partial charge in [-0.3, -0.25) is 9.69 Å². The lowest BCUT2D eigenvalue weighted by molar-refractivity contribution is -0.335. The van der Waals surface area contributed by atoms with Gasteiger partial charge in [-0.25, -0.2) is 0 Å². The van der Waals surface area contributed by atoms with Crippen molar-refractivity contribution in [2.24, 2.45) is 5.41 Å². The Labute approximate surface area is 118 Å². The van der Waals surface area contributed by atoms with Crippen molar-refractivity contribution in [3.8, 4) is 0 Å². The van der Waals surface area contributed by atoms with Crippen LogP contribution in [0.3, 0.4) is 0 Å². The van der Waals surface area contributed by atoms with E-state index in [1.165, 1.54) is 6.92 Å². The van der Waals surface area contributed by atoms with Crippen LogP contribution in [0.5, 0.6) is 0 Å². The summed E-state index contributed by atoms with van der Waals surface area (Å²) in [6, 6.07) is -1.02. The third kappa shape index (κ3) is 3.44. The van der Waals surface area contributed by atoms with Crippen molar-refractivity contribution in [3.05, 3.63) is 0 Å². The van der Waals surface area contributed by atoms with E-state index in [1.807, 2.05) is 0 Å². The minimum atomic E-state index is -5.39. The van der Waals surface area contributed by atoms with Crippen LogP contribution in [0.2, 0.25) is 0 Å². The molecule has 1 rings (SSSR count). The van der Waals surface area contributed by atoms with E-state index < -0.39 is 49.2 Å². The molecule has 0 aliphatic carbocycles. The van der Waals surface area contributed by atoms with E-state index in [0.29, 0.717) is 13.0 Å². The van der Waals surface area contributed by atoms with Gasteiger partial charge in [0.2, 0.25) is 5.91 Å². The molecule has 124 valence electrons. The van der Waals surface area contributed by atoms with E-state index in [0.717, 1.165) is 4.90 Å². The Bertz CT molecular complexity index is 365. The zero-order valence-electron chi connectivity index (χ0n) is 11.7. The topological polar surface area (TPSA) is 32.3 Å². The molecule has 1 atom stereocenters. The Balaban J connectivity index is 2.87. The van der Waals surface area contributed by atoms with Crippen LogP contribution in [0.1, 0.15) is 26.7 Å². The lowest BCUT2D eigenvalue weighted by Crippen LogP contribution is -2.53. The highest BCUT2D eigenvalue weighted by Gasteiger charge is 2.72. The highest BCUT2D eigenvalue weighted by atomic mass is 19.4. The summed E-state index contributed by atoms with van der Waals surface area (Å²) in [5.41, 5.74) is -3.75. The molecule has 0 aromatic heterocycles. The predicted octanol–water partition coefficient (Wildman–Crippen LogP) is 2.72. The number of amides is 1. The fourth-order valence-electron chi connectivity index (χ4n) is 2.36. The van der Waals surface area contributed by atoms with Gasteiger partial charge in [-0.2, -0.15) is 26.3 Å². The second kappa shape index (κ2) is 6.02. The lowest BCUT2D eigenvalue weighted by atomic mass is 9.85. The molecule has 1 N–H and O–H groups in total. The Morgan fingerprint density at radius 1 is 1.24 bits per heavy atom. The number of carbonyl (C=O) groups excluding carboxylic acids is 1. The van der Waals surface area contributed by atoms with Crippen molar-refractivity contribution in [1.29, 1.82) is 0 Å². The first kappa shape index (κ1) is 18.1. The second-order valence-electron chi connectivity index (χ2n) is 5.27. The van der Waals surface area contributed by atoms with Gasteiger partial charge in [-0.05, 0) is 19.8 Å². The van der Waals surface area contributed by atoms with Crippen LogP contribution in [0.4, 0.5) is 26.3 Å². The molecule has 21 heavy (non-hydrogen) atoms. The summed E-state index contributed by atoms with van der Waals surface area (Å²) in [5, 5.41) is 2.47. The van der Waals surface area contributed by atoms with Gasteiger partial charge in [0, 0.05) is 19.6 Å². The maximum absolute atomic E-state index is 12.9. The molecule has 0 bridgehead atoms. The molecule has 0 aromatic rings. The summed E-state index contributed by atoms with van der Waals surface area (Å²) >= 11 is 0. The van der Waals surface area contributed by atoms with Crippen LogP contribution in [-0.2, 0) is 4.79 Å². The molecule has 0 saturated carbocycles. The van der Waals surface area contributed by atoms with Gasteiger partial charge in [0.25, 0.3) is 0 Å². The summed E-state index contributed by atoms with van der Waals surface area (Å²) in [6.45, 7) is 1.79. The number of rotatable bonds is 4. The predicted molar refractivity (Wildman–Crippen MR) is 63.5 cm³/mol. The molecular formula is C12H18F6N2O. The van der Waals surface area contributed by atoms with E-state index in [1.54, 1.807) is 6.92 Å². The Hall–Kier alpha value is -0.990. The van der Waals surface area contributed by atoms with Gasteiger partial charge in [-0.15, -0.1) is 0 Å². The fourth-order valence-corrected chi connectivity index (χ4v) is 2.36. The maximum atomic E-state index is 12.9. The zero-order valence-corrected chi connectivity index (χ0v) is 11.7. The monoisotopic (exact) mass is 320 g/mol. The van der Waals surface area contributed by atoms with Crippen molar-refractivity contribution < 1.29 is 31.1 Å². The molecule has 0 spiro atoms. The molecule has 3 nitrogen and oxygen atoms in total. The first-order valence-electron chi connectivity index (χ1n) is 6.61. The molecule has 1 aliphatic rings. The van der Waals surface area contributed by atoms with Crippen molar-refractivity contribution >= 4 is 5.91 Å². The summed E-state index contributed by atoms with van der Waals surface area (Å²) in [4.78, 5) is 12.6. The molecule has 1 amide bonds. The van der Waals surface area contributed by atoms with Crippen LogP contribution in [0, 0.1) is 5.41 Å². The first-order chi connectivity index (χ1) is 9.46. The average Bonchev–Trinajstić information content (AvgIpc) is 2.80. The number of halogens is 6. The maximum Gasteiger partial charge on any atom is 0.404 e. The molecular weight excluding hydrogens is 302 g/mol. The third-order valence-electron chi connectivity index (χ3n) is 3.86. The zero-order chi connectivity index (χ0) is 16.5. The van der Waals surface area contributed by atoms with Gasteiger partial charge >= 0.3 is 12.4 Å². The van der Waals surface area contributed by atoms with Crippen molar-refractivity contribution in [2.45, 2.75) is 45.1 Å². The van der Waals surface area contributed by atoms with E-state index in [4.69, 9.17) is 0 Å². The average molecular weight is 320 g/mol. The number of hydrogen-bond acceptors (Lipinski definition) is 2. The minimum Gasteiger partial charge on any atom is -0.355 e. The first-order valence-corrected chi connectivity index (χ1v) is 6.61. The van der Waals surface area contributed by atoms with Crippen molar-refractivity contribution in [1.82, 2.24) is 10.2 Å². The lowest BCUT2D eigenvalue weighted by Gasteiger charge is -2.34. The Kier molecular flexibility index (Phi) is 5.18. The highest BCUT2D eigenvalue weighted by molar-refractivity contribution is 5.81. The van der Waals surface area contributed by atoms with E-state index in [2.05, 4.69) is 5.32 Å². The van der Waals surface area contributed by atoms with Crippen LogP contribution < -0.4 is 5.32 Å². The third-order valence-corrected chi connectivity index (χ3v) is 3.86. The number of nitrogens with zero attached hydrogens (tertiary/aromatic N) is 1. The number of likely N-dealkylation sites (tertiary alicyclic amines) is 1. The minimum absolute atomic E-state index is 0.334. The van der Waals surface area contributed by atoms with Crippen LogP contribution in [-0.4, -0.2) is 48.8 Å². The molecule has 0 radical (unpaired) electrons. The van der Waals surface area contributed by atoms with Gasteiger partial charge < -0.3 is 5.32 Å². The van der Waals surface area contributed by atoms with E-state index in [9.17, 15) is 31.1 Å². The second-order valence-corrected chi connectivity index (χ2v) is 5.27. The van der Waals surface area contributed by atoms with Crippen LogP contribution in [0.25, 0.3) is 0 Å². The van der Waals surface area contributed by atoms with E-state index >= 15 is 0 Å². The highest BCUT2D eigenvalue weighted by Crippen LogP contribution is 2.55. The summed E-state index contributed by atoms with van der Waals surface area (Å²) in [6.07, 6.45) is -11.2. The van der Waals surface area contributed by atoms with Gasteiger partial charge in [0.1, 0.15) is 0 Å². The van der Waals surface area contributed by atoms with Gasteiger partial charge in [-0.1, -0.05) is 6.92 Å². The molecule has 1 aliphatic heterocycles. The SMILES string of the molecule is CCCNC(=O)[C@H](C)N1CCC(C(F)(F)F)(C(F)(F)F)C1. The number of nitrogens with one attached hydrogen (secondary N) is 1. The Morgan fingerprint density at radius 3 is 2.14 bits per heavy atom. The van der Waals surface area contributed by atoms with E-state index in [-0.39, 0.29) is 0 Å². The summed E-state index contributed by atoms with van der Waals surface area (Å²) < 4.78 is 77.4. The molecule has 9 heteroatoms. The van der Waals surface area contributed by atoms with Crippen molar-refractivity contribution in [2.75, 3.05) is 19.6 Å². The Morgan fingerprint density at radius 2 is 1.76 bits per heavy atom. The van der Waals surface area contributed by atoms with Gasteiger partial charge in [0.15, 0.2) is 5.41 Å². The summed E-state index contributed by atoms with van der Waals surface area (Å²) in [7, 11) is 0. The van der Waals surface area contributed by atoms with Crippen molar-refractivity contribution in [3.63, 3.8) is 0 Å². The quantitative estimate of drug-likeness (QED) is 0.808. The smallest absolute Gasteiger partial charge is 0.355 e. The number of alkyl halides is 6. The molecule has 1 heterocycles. The van der Waals surface area contributed by atoms with Crippen LogP contribution in [0.15, 0.2) is 0 Å². The molecule has 1 fully saturated rings. The molecule has 1 saturated heterocycles. The molecule has 0 unspecified atom stereocenters. The van der Waals surface area contributed by atoms with Crippen LogP contribution >= 0.6 is 0 Å². The largest absolute Gasteiger partial charge is 0.404 e. The molecule has 0 aromatic carbocycles. The number of hydrogen-bond donors (Lipinski definition) is 1.